The second-order valence-electron chi connectivity index (χ2n) is 10.1. The fourth-order valence-corrected chi connectivity index (χ4v) is 6.59. The molecule has 0 spiro atoms. The Bertz CT molecular complexity index is 1540. The molecule has 2 atom stereocenters. The van der Waals surface area contributed by atoms with Crippen LogP contribution >= 0.6 is 0 Å². The largest absolute Gasteiger partial charge is 0.389 e. The maximum absolute atomic E-state index is 14.0. The highest BCUT2D eigenvalue weighted by molar-refractivity contribution is 7.86. The van der Waals surface area contributed by atoms with Gasteiger partial charge in [-0.05, 0) is 39.8 Å². The molecule has 1 aliphatic rings. The van der Waals surface area contributed by atoms with E-state index in [2.05, 4.69) is 0 Å². The van der Waals surface area contributed by atoms with Crippen LogP contribution < -0.4 is 0 Å². The molecule has 6 nitrogen and oxygen atoms in total. The molecule has 1 fully saturated rings. The smallest absolute Gasteiger partial charge is 0.282 e. The monoisotopic (exact) mass is 554 g/mol. The minimum Gasteiger partial charge on any atom is -0.389 e. The van der Waals surface area contributed by atoms with E-state index in [0.29, 0.717) is 6.42 Å². The van der Waals surface area contributed by atoms with Gasteiger partial charge in [0, 0.05) is 26.2 Å². The topological polar surface area (TPSA) is 81.1 Å². The number of hydrogen-bond acceptors (Lipinski definition) is 4. The summed E-state index contributed by atoms with van der Waals surface area (Å²) in [7, 11) is -4.01. The molecule has 2 N–H and O–H groups in total. The summed E-state index contributed by atoms with van der Waals surface area (Å²) in [6, 6.07) is 35.3. The molecule has 7 heteroatoms. The number of aliphatic hydroxyl groups is 2. The van der Waals surface area contributed by atoms with E-state index in [4.69, 9.17) is 0 Å². The number of benzene rings is 4. The zero-order chi connectivity index (χ0) is 28.0. The predicted molar refractivity (Wildman–Crippen MR) is 159 cm³/mol. The fraction of sp³-hybridized carbons (Fsp3) is 0.212. The maximum atomic E-state index is 14.0. The van der Waals surface area contributed by atoms with Crippen molar-refractivity contribution in [1.82, 2.24) is 8.61 Å². The normalized spacial score (nSPS) is 19.9. The molecular formula is C33H34N2O4S. The SMILES string of the molecule is O=S1(=O)N(Cc2ccccc2/C=C/c2ccccc2)C[C@H](O)[C@@H](O)CN1Cc1ccccc1Cc1ccccc1. The Morgan fingerprint density at radius 3 is 1.77 bits per heavy atom. The molecule has 4 aromatic carbocycles. The van der Waals surface area contributed by atoms with E-state index in [-0.39, 0.29) is 26.2 Å². The zero-order valence-electron chi connectivity index (χ0n) is 22.3. The summed E-state index contributed by atoms with van der Waals surface area (Å²) in [4.78, 5) is 0. The number of hydrogen-bond donors (Lipinski definition) is 2. The van der Waals surface area contributed by atoms with Crippen molar-refractivity contribution >= 4 is 22.4 Å². The molecule has 0 amide bonds. The molecule has 0 aliphatic carbocycles. The Labute approximate surface area is 236 Å². The standard InChI is InChI=1S/C33H34N2O4S/c36-32-24-34(22-30-17-9-7-15-28(30)20-19-26-11-3-1-4-12-26)40(38,39)35(25-33(32)37)23-31-18-10-8-16-29(31)21-27-13-5-2-6-14-27/h1-20,32-33,36-37H,21-25H2/b20-19+/t32-,33-/m0/s1. The predicted octanol–water partition coefficient (Wildman–Crippen LogP) is 4.73. The van der Waals surface area contributed by atoms with Crippen LogP contribution in [0, 0.1) is 0 Å². The summed E-state index contributed by atoms with van der Waals surface area (Å²) < 4.78 is 30.6. The molecular weight excluding hydrogens is 520 g/mol. The Morgan fingerprint density at radius 2 is 1.12 bits per heavy atom. The van der Waals surface area contributed by atoms with Gasteiger partial charge in [-0.1, -0.05) is 121 Å². The third-order valence-corrected chi connectivity index (χ3v) is 9.10. The van der Waals surface area contributed by atoms with Gasteiger partial charge < -0.3 is 10.2 Å². The van der Waals surface area contributed by atoms with Crippen molar-refractivity contribution in [3.8, 4) is 0 Å². The van der Waals surface area contributed by atoms with Crippen LogP contribution in [-0.4, -0.2) is 52.5 Å². The van der Waals surface area contributed by atoms with Gasteiger partial charge >= 0.3 is 0 Å². The van der Waals surface area contributed by atoms with Crippen LogP contribution in [0.25, 0.3) is 12.2 Å². The van der Waals surface area contributed by atoms with Crippen LogP contribution in [0.2, 0.25) is 0 Å². The van der Waals surface area contributed by atoms with Crippen molar-refractivity contribution in [2.24, 2.45) is 0 Å². The highest BCUT2D eigenvalue weighted by Gasteiger charge is 2.39. The highest BCUT2D eigenvalue weighted by Crippen LogP contribution is 2.25. The first-order valence-electron chi connectivity index (χ1n) is 13.4. The van der Waals surface area contributed by atoms with E-state index in [1.165, 1.54) is 8.61 Å². The summed E-state index contributed by atoms with van der Waals surface area (Å²) in [5, 5.41) is 21.4. The fourth-order valence-electron chi connectivity index (χ4n) is 4.98. The number of aliphatic hydroxyl groups excluding tert-OH is 2. The van der Waals surface area contributed by atoms with Gasteiger partial charge in [-0.25, -0.2) is 0 Å². The van der Waals surface area contributed by atoms with Crippen LogP contribution in [0.15, 0.2) is 109 Å². The first kappa shape index (κ1) is 28.0. The van der Waals surface area contributed by atoms with E-state index in [1.54, 1.807) is 0 Å². The van der Waals surface area contributed by atoms with Gasteiger partial charge in [-0.15, -0.1) is 0 Å². The van der Waals surface area contributed by atoms with Crippen LogP contribution in [0.4, 0.5) is 0 Å². The van der Waals surface area contributed by atoms with Gasteiger partial charge in [0.2, 0.25) is 0 Å². The van der Waals surface area contributed by atoms with Crippen molar-refractivity contribution in [3.63, 3.8) is 0 Å². The zero-order valence-corrected chi connectivity index (χ0v) is 23.1. The molecule has 0 unspecified atom stereocenters. The Balaban J connectivity index is 1.42. The summed E-state index contributed by atoms with van der Waals surface area (Å²) in [6.07, 6.45) is 2.23. The molecule has 40 heavy (non-hydrogen) atoms. The van der Waals surface area contributed by atoms with E-state index in [9.17, 15) is 18.6 Å². The molecule has 206 valence electrons. The van der Waals surface area contributed by atoms with Crippen LogP contribution in [0.3, 0.4) is 0 Å². The lowest BCUT2D eigenvalue weighted by Crippen LogP contribution is -2.42. The van der Waals surface area contributed by atoms with E-state index in [1.807, 2.05) is 121 Å². The summed E-state index contributed by atoms with van der Waals surface area (Å²) in [5.41, 5.74) is 5.76. The minimum absolute atomic E-state index is 0.0730. The van der Waals surface area contributed by atoms with Gasteiger partial charge in [0.25, 0.3) is 10.2 Å². The molecule has 0 aromatic heterocycles. The summed E-state index contributed by atoms with van der Waals surface area (Å²) in [5.74, 6) is 0. The van der Waals surface area contributed by atoms with E-state index < -0.39 is 22.4 Å². The highest BCUT2D eigenvalue weighted by atomic mass is 32.2. The second kappa shape index (κ2) is 12.7. The van der Waals surface area contributed by atoms with Crippen LogP contribution in [0.1, 0.15) is 33.4 Å². The van der Waals surface area contributed by atoms with Crippen molar-refractivity contribution in [3.05, 3.63) is 143 Å². The van der Waals surface area contributed by atoms with Gasteiger partial charge in [-0.3, -0.25) is 0 Å². The quantitative estimate of drug-likeness (QED) is 0.309. The number of β-amino-alcohol motifs (C(OH)–C–C–N with tert-alkyl or cyclic N) is 2. The molecule has 1 saturated heterocycles. The average molecular weight is 555 g/mol. The maximum Gasteiger partial charge on any atom is 0.282 e. The summed E-state index contributed by atoms with van der Waals surface area (Å²) >= 11 is 0. The van der Waals surface area contributed by atoms with Gasteiger partial charge in [0.1, 0.15) is 0 Å². The Hall–Kier alpha value is -3.59. The summed E-state index contributed by atoms with van der Waals surface area (Å²) in [6.45, 7) is -0.206. The third-order valence-electron chi connectivity index (χ3n) is 7.24. The lowest BCUT2D eigenvalue weighted by Gasteiger charge is -2.28. The first-order chi connectivity index (χ1) is 19.4. The van der Waals surface area contributed by atoms with E-state index in [0.717, 1.165) is 33.4 Å². The molecule has 0 bridgehead atoms. The Kier molecular flexibility index (Phi) is 8.89. The average Bonchev–Trinajstić information content (AvgIpc) is 3.04. The number of nitrogens with zero attached hydrogens (tertiary/aromatic N) is 2. The minimum atomic E-state index is -4.01. The number of rotatable bonds is 8. The second-order valence-corrected chi connectivity index (χ2v) is 12.0. The van der Waals surface area contributed by atoms with E-state index >= 15 is 0 Å². The molecule has 5 rings (SSSR count). The van der Waals surface area contributed by atoms with Crippen molar-refractivity contribution in [2.45, 2.75) is 31.7 Å². The van der Waals surface area contributed by atoms with Gasteiger partial charge in [0.05, 0.1) is 12.2 Å². The molecule has 1 aliphatic heterocycles. The first-order valence-corrected chi connectivity index (χ1v) is 14.8. The Morgan fingerprint density at radius 1 is 0.625 bits per heavy atom. The lowest BCUT2D eigenvalue weighted by atomic mass is 9.99. The van der Waals surface area contributed by atoms with Crippen LogP contribution in [-0.2, 0) is 29.7 Å². The van der Waals surface area contributed by atoms with Crippen molar-refractivity contribution in [2.75, 3.05) is 13.1 Å². The molecule has 4 aromatic rings. The lowest BCUT2D eigenvalue weighted by molar-refractivity contribution is 0.00887. The van der Waals surface area contributed by atoms with Gasteiger partial charge in [0.15, 0.2) is 0 Å². The molecule has 1 heterocycles. The van der Waals surface area contributed by atoms with Crippen molar-refractivity contribution < 1.29 is 18.6 Å². The molecule has 0 saturated carbocycles. The van der Waals surface area contributed by atoms with Gasteiger partial charge in [-0.2, -0.15) is 17.0 Å². The third kappa shape index (κ3) is 6.75. The molecule has 0 radical (unpaired) electrons. The van der Waals surface area contributed by atoms with Crippen LogP contribution in [0.5, 0.6) is 0 Å². The van der Waals surface area contributed by atoms with Crippen molar-refractivity contribution in [1.29, 1.82) is 0 Å².